The molecule has 0 spiro atoms. The highest BCUT2D eigenvalue weighted by atomic mass is 35.5. The molecule has 1 saturated carbocycles. The zero-order chi connectivity index (χ0) is 13.6. The molecule has 3 heteroatoms. The summed E-state index contributed by atoms with van der Waals surface area (Å²) in [5.41, 5.74) is 3.92. The van der Waals surface area contributed by atoms with Crippen LogP contribution < -0.4 is 0 Å². The molecule has 102 valence electrons. The molecule has 0 saturated heterocycles. The lowest BCUT2D eigenvalue weighted by molar-refractivity contribution is 0.137. The van der Waals surface area contributed by atoms with Gasteiger partial charge < -0.3 is 4.57 Å². The molecule has 2 nitrogen and oxygen atoms in total. The standard InChI is InChI=1S/C16H21ClN2/c1-4-16(9-6-10-16)19-14-11(2)7-5-8-13(14)18-15(19)12(3)17/h5,7-8,12H,4,6,9-10H2,1-3H3. The Bertz CT molecular complexity index is 603. The van der Waals surface area contributed by atoms with Crippen molar-refractivity contribution in [1.82, 2.24) is 9.55 Å². The van der Waals surface area contributed by atoms with Gasteiger partial charge in [-0.05, 0) is 51.2 Å². The second kappa shape index (κ2) is 4.52. The maximum absolute atomic E-state index is 6.39. The number of nitrogens with zero attached hydrogens (tertiary/aromatic N) is 2. The maximum Gasteiger partial charge on any atom is 0.128 e. The van der Waals surface area contributed by atoms with Gasteiger partial charge in [-0.3, -0.25) is 0 Å². The number of imidazole rings is 1. The zero-order valence-electron chi connectivity index (χ0n) is 11.9. The normalized spacial score (nSPS) is 19.4. The molecule has 1 aliphatic carbocycles. The van der Waals surface area contributed by atoms with Crippen LogP contribution in [0.2, 0.25) is 0 Å². The van der Waals surface area contributed by atoms with Crippen LogP contribution in [0.3, 0.4) is 0 Å². The third kappa shape index (κ3) is 1.80. The van der Waals surface area contributed by atoms with Gasteiger partial charge in [-0.15, -0.1) is 11.6 Å². The van der Waals surface area contributed by atoms with Gasteiger partial charge in [-0.2, -0.15) is 0 Å². The highest BCUT2D eigenvalue weighted by molar-refractivity contribution is 6.20. The molecule has 1 aliphatic rings. The molecule has 0 N–H and O–H groups in total. The number of hydrogen-bond acceptors (Lipinski definition) is 1. The molecular weight excluding hydrogens is 256 g/mol. The van der Waals surface area contributed by atoms with Crippen LogP contribution in [-0.4, -0.2) is 9.55 Å². The van der Waals surface area contributed by atoms with Gasteiger partial charge in [0.25, 0.3) is 0 Å². The van der Waals surface area contributed by atoms with Crippen LogP contribution in [-0.2, 0) is 5.54 Å². The summed E-state index contributed by atoms with van der Waals surface area (Å²) in [5.74, 6) is 1.03. The van der Waals surface area contributed by atoms with Crippen molar-refractivity contribution in [2.45, 2.75) is 57.4 Å². The molecule has 0 bridgehead atoms. The predicted molar refractivity (Wildman–Crippen MR) is 80.9 cm³/mol. The average Bonchev–Trinajstić information content (AvgIpc) is 2.70. The van der Waals surface area contributed by atoms with Gasteiger partial charge in [0.2, 0.25) is 0 Å². The van der Waals surface area contributed by atoms with E-state index in [0.717, 1.165) is 17.8 Å². The van der Waals surface area contributed by atoms with Crippen molar-refractivity contribution in [3.8, 4) is 0 Å². The minimum absolute atomic E-state index is 0.0455. The lowest BCUT2D eigenvalue weighted by Crippen LogP contribution is -2.41. The van der Waals surface area contributed by atoms with E-state index in [1.165, 1.54) is 30.3 Å². The molecule has 0 radical (unpaired) electrons. The van der Waals surface area contributed by atoms with E-state index >= 15 is 0 Å². The fourth-order valence-electron chi connectivity index (χ4n) is 3.38. The fraction of sp³-hybridized carbons (Fsp3) is 0.562. The van der Waals surface area contributed by atoms with Gasteiger partial charge in [-0.1, -0.05) is 19.1 Å². The Morgan fingerprint density at radius 3 is 2.68 bits per heavy atom. The van der Waals surface area contributed by atoms with E-state index in [2.05, 4.69) is 36.6 Å². The summed E-state index contributed by atoms with van der Waals surface area (Å²) in [6.45, 7) is 6.48. The van der Waals surface area contributed by atoms with Gasteiger partial charge in [0.05, 0.1) is 16.4 Å². The molecule has 2 aromatic rings. The highest BCUT2D eigenvalue weighted by Gasteiger charge is 2.40. The van der Waals surface area contributed by atoms with E-state index in [9.17, 15) is 0 Å². The molecule has 0 aliphatic heterocycles. The Labute approximate surface area is 119 Å². The van der Waals surface area contributed by atoms with E-state index in [1.54, 1.807) is 0 Å². The van der Waals surface area contributed by atoms with Gasteiger partial charge in [0, 0.05) is 5.54 Å². The van der Waals surface area contributed by atoms with Crippen LogP contribution in [0.15, 0.2) is 18.2 Å². The topological polar surface area (TPSA) is 17.8 Å². The van der Waals surface area contributed by atoms with Crippen LogP contribution in [0.5, 0.6) is 0 Å². The smallest absolute Gasteiger partial charge is 0.128 e. The summed E-state index contributed by atoms with van der Waals surface area (Å²) in [5, 5.41) is -0.0455. The van der Waals surface area contributed by atoms with Crippen molar-refractivity contribution in [2.75, 3.05) is 0 Å². The Morgan fingerprint density at radius 1 is 1.42 bits per heavy atom. The maximum atomic E-state index is 6.39. The van der Waals surface area contributed by atoms with Gasteiger partial charge in [0.1, 0.15) is 5.82 Å². The lowest BCUT2D eigenvalue weighted by Gasteiger charge is -2.44. The number of benzene rings is 1. The second-order valence-electron chi connectivity index (χ2n) is 5.80. The Balaban J connectivity index is 2.33. The highest BCUT2D eigenvalue weighted by Crippen LogP contribution is 2.46. The largest absolute Gasteiger partial charge is 0.320 e. The van der Waals surface area contributed by atoms with Crippen LogP contribution >= 0.6 is 11.6 Å². The number of aryl methyl sites for hydroxylation is 1. The Morgan fingerprint density at radius 2 is 2.16 bits per heavy atom. The first kappa shape index (κ1) is 13.0. The van der Waals surface area contributed by atoms with E-state index in [-0.39, 0.29) is 10.9 Å². The number of para-hydroxylation sites is 1. The SMILES string of the molecule is CCC1(n2c(C(C)Cl)nc3cccc(C)c32)CCC1. The summed E-state index contributed by atoms with van der Waals surface area (Å²) in [6.07, 6.45) is 4.97. The van der Waals surface area contributed by atoms with Crippen molar-refractivity contribution in [3.05, 3.63) is 29.6 Å². The van der Waals surface area contributed by atoms with Gasteiger partial charge >= 0.3 is 0 Å². The average molecular weight is 277 g/mol. The summed E-state index contributed by atoms with van der Waals surface area (Å²) in [4.78, 5) is 4.80. The third-order valence-corrected chi connectivity index (χ3v) is 4.87. The minimum Gasteiger partial charge on any atom is -0.320 e. The van der Waals surface area contributed by atoms with Crippen molar-refractivity contribution in [3.63, 3.8) is 0 Å². The second-order valence-corrected chi connectivity index (χ2v) is 6.45. The number of halogens is 1. The number of fused-ring (bicyclic) bond motifs is 1. The van der Waals surface area contributed by atoms with Crippen molar-refractivity contribution < 1.29 is 0 Å². The molecule has 0 amide bonds. The number of alkyl halides is 1. The molecule has 1 aromatic carbocycles. The van der Waals surface area contributed by atoms with Gasteiger partial charge in [-0.25, -0.2) is 4.98 Å². The molecule has 1 heterocycles. The summed E-state index contributed by atoms with van der Waals surface area (Å²) >= 11 is 6.39. The van der Waals surface area contributed by atoms with Gasteiger partial charge in [0.15, 0.2) is 0 Å². The summed E-state index contributed by atoms with van der Waals surface area (Å²) in [6, 6.07) is 6.35. The number of rotatable bonds is 3. The van der Waals surface area contributed by atoms with Crippen LogP contribution in [0.1, 0.15) is 56.3 Å². The summed E-state index contributed by atoms with van der Waals surface area (Å²) < 4.78 is 2.46. The Hall–Kier alpha value is -1.02. The van der Waals surface area contributed by atoms with Crippen LogP contribution in [0.4, 0.5) is 0 Å². The lowest BCUT2D eigenvalue weighted by atomic mass is 9.74. The monoisotopic (exact) mass is 276 g/mol. The molecule has 19 heavy (non-hydrogen) atoms. The van der Waals surface area contributed by atoms with Crippen molar-refractivity contribution in [1.29, 1.82) is 0 Å². The molecule has 3 rings (SSSR count). The Kier molecular flexibility index (Phi) is 3.09. The first-order valence-corrected chi connectivity index (χ1v) is 7.65. The molecule has 1 aromatic heterocycles. The van der Waals surface area contributed by atoms with Crippen LogP contribution in [0, 0.1) is 6.92 Å². The first-order valence-electron chi connectivity index (χ1n) is 7.21. The fourth-order valence-corrected chi connectivity index (χ4v) is 3.53. The van der Waals surface area contributed by atoms with E-state index in [4.69, 9.17) is 16.6 Å². The first-order chi connectivity index (χ1) is 9.09. The molecule has 1 unspecified atom stereocenters. The minimum atomic E-state index is -0.0455. The predicted octanol–water partition coefficient (Wildman–Crippen LogP) is 4.93. The molecule has 1 fully saturated rings. The van der Waals surface area contributed by atoms with Crippen molar-refractivity contribution >= 4 is 22.6 Å². The van der Waals surface area contributed by atoms with E-state index in [0.29, 0.717) is 0 Å². The zero-order valence-corrected chi connectivity index (χ0v) is 12.7. The molecule has 1 atom stereocenters. The number of hydrogen-bond donors (Lipinski definition) is 0. The molecular formula is C16H21ClN2. The van der Waals surface area contributed by atoms with Crippen LogP contribution in [0.25, 0.3) is 11.0 Å². The quantitative estimate of drug-likeness (QED) is 0.727. The third-order valence-electron chi connectivity index (χ3n) is 4.68. The number of aromatic nitrogens is 2. The van der Waals surface area contributed by atoms with E-state index in [1.807, 2.05) is 6.92 Å². The van der Waals surface area contributed by atoms with E-state index < -0.39 is 0 Å². The summed E-state index contributed by atoms with van der Waals surface area (Å²) in [7, 11) is 0. The van der Waals surface area contributed by atoms with Crippen molar-refractivity contribution in [2.24, 2.45) is 0 Å².